The van der Waals surface area contributed by atoms with Crippen LogP contribution in [0.3, 0.4) is 0 Å². The smallest absolute Gasteiger partial charge is 0.212 e. The van der Waals surface area contributed by atoms with Crippen molar-refractivity contribution >= 4 is 18.2 Å². The topological polar surface area (TPSA) is 91.2 Å². The molecule has 2 aliphatic heterocycles. The van der Waals surface area contributed by atoms with Crippen molar-refractivity contribution in [3.63, 3.8) is 0 Å². The summed E-state index contributed by atoms with van der Waals surface area (Å²) >= 11 is 0. The first-order valence-corrected chi connectivity index (χ1v) is 7.37. The van der Waals surface area contributed by atoms with Crippen LogP contribution in [-0.2, 0) is 15.9 Å². The third kappa shape index (κ3) is 1.95. The van der Waals surface area contributed by atoms with Crippen LogP contribution in [0, 0.1) is 0 Å². The summed E-state index contributed by atoms with van der Waals surface area (Å²) in [5, 5.41) is 23.3. The average molecular weight is 316 g/mol. The van der Waals surface area contributed by atoms with Gasteiger partial charge >= 0.3 is 0 Å². The molecule has 0 spiro atoms. The lowest BCUT2D eigenvalue weighted by Crippen LogP contribution is -2.48. The van der Waals surface area contributed by atoms with Crippen LogP contribution >= 0.6 is 0 Å². The molecule has 2 atom stereocenters. The first kappa shape index (κ1) is 14.3. The Morgan fingerprint density at radius 1 is 0.667 bits per heavy atom. The van der Waals surface area contributed by atoms with Gasteiger partial charge in [-0.2, -0.15) is 0 Å². The highest BCUT2D eigenvalue weighted by Gasteiger charge is 2.55. The molecule has 7 heteroatoms. The summed E-state index contributed by atoms with van der Waals surface area (Å²) in [6.45, 7) is 0. The van der Waals surface area contributed by atoms with Gasteiger partial charge in [0.15, 0.2) is 0 Å². The fraction of sp³-hybridized carbons (Fsp3) is 0.118. The van der Waals surface area contributed by atoms with E-state index in [1.165, 1.54) is 12.4 Å². The number of hydrogen-bond acceptors (Lipinski definition) is 7. The molecule has 0 fully saturated rings. The minimum atomic E-state index is -1.34. The van der Waals surface area contributed by atoms with Gasteiger partial charge in [-0.25, -0.2) is 0 Å². The van der Waals surface area contributed by atoms with Crippen LogP contribution in [0.2, 0.25) is 0 Å². The molecular formula is C17H12N6O. The largest absolute Gasteiger partial charge is 0.292 e. The van der Waals surface area contributed by atoms with Gasteiger partial charge in [0.1, 0.15) is 0 Å². The van der Waals surface area contributed by atoms with Crippen molar-refractivity contribution in [2.24, 2.45) is 30.9 Å². The molecule has 2 unspecified atom stereocenters. The Balaban J connectivity index is 1.90. The second-order valence-corrected chi connectivity index (χ2v) is 5.46. The Labute approximate surface area is 137 Å². The number of rotatable bonds is 4. The third-order valence-corrected chi connectivity index (χ3v) is 4.12. The Bertz CT molecular complexity index is 788. The maximum atomic E-state index is 13.6. The minimum Gasteiger partial charge on any atom is -0.292 e. The maximum Gasteiger partial charge on any atom is 0.212 e. The summed E-state index contributed by atoms with van der Waals surface area (Å²) in [5.74, 6) is -0.317. The predicted molar refractivity (Wildman–Crippen MR) is 87.9 cm³/mol. The maximum absolute atomic E-state index is 13.6. The highest BCUT2D eigenvalue weighted by Crippen LogP contribution is 2.40. The molecule has 2 aromatic rings. The minimum absolute atomic E-state index is 0.317. The van der Waals surface area contributed by atoms with Crippen LogP contribution in [0.5, 0.6) is 0 Å². The van der Waals surface area contributed by atoms with E-state index in [-0.39, 0.29) is 5.78 Å². The number of Topliss-reactive ketones (excluding diaryl/α,β-unsaturated/α-hetero) is 1. The second kappa shape index (κ2) is 5.38. The van der Waals surface area contributed by atoms with Crippen LogP contribution < -0.4 is 0 Å². The van der Waals surface area contributed by atoms with Gasteiger partial charge in [0.2, 0.25) is 16.9 Å². The Morgan fingerprint density at radius 3 is 1.42 bits per heavy atom. The predicted octanol–water partition coefficient (Wildman–Crippen LogP) is 3.25. The molecule has 116 valence electrons. The van der Waals surface area contributed by atoms with Gasteiger partial charge in [-0.1, -0.05) is 60.7 Å². The van der Waals surface area contributed by atoms with E-state index in [1.807, 2.05) is 60.7 Å². The van der Waals surface area contributed by atoms with Crippen molar-refractivity contribution in [3.8, 4) is 0 Å². The molecule has 2 aromatic carbocycles. The molecule has 0 radical (unpaired) electrons. The van der Waals surface area contributed by atoms with E-state index in [4.69, 9.17) is 0 Å². The number of ketones is 1. The number of carbonyl (C=O) groups excluding carboxylic acids is 1. The summed E-state index contributed by atoms with van der Waals surface area (Å²) in [7, 11) is 0. The second-order valence-electron chi connectivity index (χ2n) is 5.46. The zero-order valence-corrected chi connectivity index (χ0v) is 12.5. The lowest BCUT2D eigenvalue weighted by molar-refractivity contribution is -0.125. The van der Waals surface area contributed by atoms with Crippen molar-refractivity contribution in [2.45, 2.75) is 11.1 Å². The molecule has 2 aliphatic rings. The van der Waals surface area contributed by atoms with E-state index >= 15 is 0 Å². The lowest BCUT2D eigenvalue weighted by atomic mass is 9.75. The highest BCUT2D eigenvalue weighted by molar-refractivity contribution is 6.18. The Morgan fingerprint density at radius 2 is 1.08 bits per heavy atom. The van der Waals surface area contributed by atoms with Gasteiger partial charge in [-0.3, -0.25) is 4.79 Å². The van der Waals surface area contributed by atoms with E-state index in [0.29, 0.717) is 11.1 Å². The molecule has 4 rings (SSSR count). The van der Waals surface area contributed by atoms with Crippen molar-refractivity contribution in [1.82, 2.24) is 0 Å². The van der Waals surface area contributed by atoms with Crippen LogP contribution in [0.4, 0.5) is 0 Å². The Kier molecular flexibility index (Phi) is 3.19. The molecule has 24 heavy (non-hydrogen) atoms. The van der Waals surface area contributed by atoms with E-state index < -0.39 is 11.1 Å². The fourth-order valence-electron chi connectivity index (χ4n) is 2.87. The van der Waals surface area contributed by atoms with Crippen LogP contribution in [0.25, 0.3) is 0 Å². The molecule has 0 N–H and O–H groups in total. The summed E-state index contributed by atoms with van der Waals surface area (Å²) < 4.78 is 0. The van der Waals surface area contributed by atoms with E-state index in [0.717, 1.165) is 0 Å². The molecule has 7 nitrogen and oxygen atoms in total. The molecule has 0 aromatic heterocycles. The van der Waals surface area contributed by atoms with Crippen LogP contribution in [0.1, 0.15) is 11.1 Å². The van der Waals surface area contributed by atoms with Crippen molar-refractivity contribution in [1.29, 1.82) is 0 Å². The van der Waals surface area contributed by atoms with E-state index in [9.17, 15) is 4.79 Å². The van der Waals surface area contributed by atoms with Crippen molar-refractivity contribution in [3.05, 3.63) is 71.8 Å². The number of benzene rings is 2. The summed E-state index contributed by atoms with van der Waals surface area (Å²) in [4.78, 5) is 13.6. The number of nitrogens with zero attached hydrogens (tertiary/aromatic N) is 6. The molecule has 0 saturated heterocycles. The molecule has 0 bridgehead atoms. The average Bonchev–Trinajstić information content (AvgIpc) is 3.34. The van der Waals surface area contributed by atoms with Crippen LogP contribution in [0.15, 0.2) is 91.5 Å². The summed E-state index contributed by atoms with van der Waals surface area (Å²) in [6, 6.07) is 18.4. The summed E-state index contributed by atoms with van der Waals surface area (Å²) in [5.41, 5.74) is -1.34. The van der Waals surface area contributed by atoms with E-state index in [2.05, 4.69) is 30.9 Å². The van der Waals surface area contributed by atoms with Crippen LogP contribution in [-0.4, -0.2) is 18.2 Å². The molecule has 0 amide bonds. The molecule has 0 saturated carbocycles. The normalized spacial score (nSPS) is 27.0. The fourth-order valence-corrected chi connectivity index (χ4v) is 2.87. The SMILES string of the molecule is O=C(C1(c2ccccc2)C=NN=N1)C1(c2ccccc2)C=NN=N1. The zero-order valence-electron chi connectivity index (χ0n) is 12.5. The molecule has 0 aliphatic carbocycles. The zero-order chi connectivity index (χ0) is 16.5. The monoisotopic (exact) mass is 316 g/mol. The van der Waals surface area contributed by atoms with Gasteiger partial charge in [0, 0.05) is 0 Å². The first-order chi connectivity index (χ1) is 11.8. The highest BCUT2D eigenvalue weighted by atomic mass is 16.1. The summed E-state index contributed by atoms with van der Waals surface area (Å²) in [6.07, 6.45) is 2.88. The van der Waals surface area contributed by atoms with Crippen molar-refractivity contribution < 1.29 is 4.79 Å². The van der Waals surface area contributed by atoms with Gasteiger partial charge in [0.05, 0.1) is 12.4 Å². The Hall–Kier alpha value is -3.35. The lowest BCUT2D eigenvalue weighted by Gasteiger charge is -2.29. The van der Waals surface area contributed by atoms with Gasteiger partial charge in [0.25, 0.3) is 0 Å². The van der Waals surface area contributed by atoms with Gasteiger partial charge in [-0.05, 0) is 21.6 Å². The quantitative estimate of drug-likeness (QED) is 0.851. The molecule has 2 heterocycles. The van der Waals surface area contributed by atoms with Crippen molar-refractivity contribution in [2.75, 3.05) is 0 Å². The number of hydrogen-bond donors (Lipinski definition) is 0. The standard InChI is InChI=1S/C17H12N6O/c24-15(16(11-18-22-20-16)13-7-3-1-4-8-13)17(12-19-23-21-17)14-9-5-2-6-10-14/h1-12H. The van der Waals surface area contributed by atoms with Gasteiger partial charge < -0.3 is 0 Å². The number of carbonyl (C=O) groups is 1. The molecular weight excluding hydrogens is 304 g/mol. The van der Waals surface area contributed by atoms with Gasteiger partial charge in [-0.15, -0.1) is 20.4 Å². The third-order valence-electron chi connectivity index (χ3n) is 4.12. The van der Waals surface area contributed by atoms with E-state index in [1.54, 1.807) is 0 Å². The first-order valence-electron chi connectivity index (χ1n) is 7.37.